The molecule has 1 unspecified atom stereocenters. The van der Waals surface area contributed by atoms with Crippen molar-refractivity contribution in [3.63, 3.8) is 0 Å². The standard InChI is InChI=1S/C12H19ClN4O2/c1-9(8-18-2)19-12-15-10(13)14-11(16-12)17-6-4-3-5-7-17/h9H,3-8H2,1-2H3. The van der Waals surface area contributed by atoms with Crippen LogP contribution in [0.25, 0.3) is 0 Å². The first-order valence-corrected chi connectivity index (χ1v) is 6.89. The Balaban J connectivity index is 2.09. The van der Waals surface area contributed by atoms with Crippen molar-refractivity contribution in [2.24, 2.45) is 0 Å². The first-order chi connectivity index (χ1) is 9.19. The molecule has 7 heteroatoms. The van der Waals surface area contributed by atoms with Gasteiger partial charge in [0.1, 0.15) is 6.10 Å². The van der Waals surface area contributed by atoms with Crippen LogP contribution < -0.4 is 9.64 Å². The van der Waals surface area contributed by atoms with Crippen molar-refractivity contribution in [2.75, 3.05) is 31.7 Å². The van der Waals surface area contributed by atoms with E-state index in [4.69, 9.17) is 21.1 Å². The number of halogens is 1. The summed E-state index contributed by atoms with van der Waals surface area (Å²) < 4.78 is 10.6. The number of hydrogen-bond acceptors (Lipinski definition) is 6. The van der Waals surface area contributed by atoms with Gasteiger partial charge in [-0.2, -0.15) is 15.0 Å². The summed E-state index contributed by atoms with van der Waals surface area (Å²) in [5.41, 5.74) is 0. The highest BCUT2D eigenvalue weighted by molar-refractivity contribution is 6.28. The first kappa shape index (κ1) is 14.3. The molecule has 0 N–H and O–H groups in total. The zero-order valence-corrected chi connectivity index (χ0v) is 12.1. The Labute approximate surface area is 118 Å². The van der Waals surface area contributed by atoms with Crippen LogP contribution in [0.2, 0.25) is 5.28 Å². The highest BCUT2D eigenvalue weighted by Crippen LogP contribution is 2.19. The third-order valence-corrected chi connectivity index (χ3v) is 3.09. The Kier molecular flexibility index (Phi) is 5.15. The van der Waals surface area contributed by atoms with E-state index in [1.54, 1.807) is 7.11 Å². The van der Waals surface area contributed by atoms with E-state index in [9.17, 15) is 0 Å². The predicted molar refractivity (Wildman–Crippen MR) is 72.9 cm³/mol. The highest BCUT2D eigenvalue weighted by Gasteiger charge is 2.17. The van der Waals surface area contributed by atoms with Gasteiger partial charge in [0.2, 0.25) is 11.2 Å². The van der Waals surface area contributed by atoms with E-state index in [1.807, 2.05) is 6.92 Å². The topological polar surface area (TPSA) is 60.4 Å². The Bertz CT molecular complexity index is 413. The summed E-state index contributed by atoms with van der Waals surface area (Å²) in [6, 6.07) is 0.255. The Morgan fingerprint density at radius 2 is 1.95 bits per heavy atom. The van der Waals surface area contributed by atoms with Crippen LogP contribution in [0, 0.1) is 0 Å². The van der Waals surface area contributed by atoms with Crippen molar-refractivity contribution in [1.82, 2.24) is 15.0 Å². The molecule has 1 aliphatic rings. The number of anilines is 1. The number of rotatable bonds is 5. The lowest BCUT2D eigenvalue weighted by Gasteiger charge is -2.26. The van der Waals surface area contributed by atoms with Crippen molar-refractivity contribution in [3.8, 4) is 6.01 Å². The van der Waals surface area contributed by atoms with E-state index < -0.39 is 0 Å². The van der Waals surface area contributed by atoms with Gasteiger partial charge in [0.15, 0.2) is 0 Å². The molecule has 0 amide bonds. The molecule has 0 bridgehead atoms. The Morgan fingerprint density at radius 1 is 1.21 bits per heavy atom. The number of aromatic nitrogens is 3. The molecule has 0 aromatic carbocycles. The molecule has 19 heavy (non-hydrogen) atoms. The Hall–Kier alpha value is -1.14. The fraction of sp³-hybridized carbons (Fsp3) is 0.750. The third kappa shape index (κ3) is 4.18. The molecular formula is C12H19ClN4O2. The molecule has 0 saturated carbocycles. The van der Waals surface area contributed by atoms with Crippen molar-refractivity contribution < 1.29 is 9.47 Å². The fourth-order valence-corrected chi connectivity index (χ4v) is 2.21. The molecule has 1 aliphatic heterocycles. The number of piperidine rings is 1. The van der Waals surface area contributed by atoms with Gasteiger partial charge in [-0.25, -0.2) is 0 Å². The van der Waals surface area contributed by atoms with Gasteiger partial charge in [-0.05, 0) is 37.8 Å². The van der Waals surface area contributed by atoms with E-state index in [0.717, 1.165) is 25.9 Å². The lowest BCUT2D eigenvalue weighted by Crippen LogP contribution is -2.31. The van der Waals surface area contributed by atoms with Crippen molar-refractivity contribution >= 4 is 17.5 Å². The van der Waals surface area contributed by atoms with Crippen LogP contribution in [0.1, 0.15) is 26.2 Å². The van der Waals surface area contributed by atoms with Crippen molar-refractivity contribution in [3.05, 3.63) is 5.28 Å². The highest BCUT2D eigenvalue weighted by atomic mass is 35.5. The maximum atomic E-state index is 5.93. The average molecular weight is 287 g/mol. The zero-order chi connectivity index (χ0) is 13.7. The van der Waals surface area contributed by atoms with Crippen LogP contribution in [-0.4, -0.2) is 47.9 Å². The second-order valence-electron chi connectivity index (χ2n) is 4.62. The minimum atomic E-state index is -0.127. The van der Waals surface area contributed by atoms with Crippen LogP contribution in [0.5, 0.6) is 6.01 Å². The van der Waals surface area contributed by atoms with Crippen LogP contribution in [0.3, 0.4) is 0 Å². The lowest BCUT2D eigenvalue weighted by molar-refractivity contribution is 0.0854. The summed E-state index contributed by atoms with van der Waals surface area (Å²) in [4.78, 5) is 14.6. The minimum Gasteiger partial charge on any atom is -0.458 e. The second-order valence-corrected chi connectivity index (χ2v) is 4.96. The number of methoxy groups -OCH3 is 1. The summed E-state index contributed by atoms with van der Waals surface area (Å²) >= 11 is 5.93. The van der Waals surface area contributed by atoms with Crippen molar-refractivity contribution in [1.29, 1.82) is 0 Å². The van der Waals surface area contributed by atoms with Crippen LogP contribution in [0.15, 0.2) is 0 Å². The van der Waals surface area contributed by atoms with E-state index in [1.165, 1.54) is 6.42 Å². The van der Waals surface area contributed by atoms with Gasteiger partial charge in [-0.3, -0.25) is 0 Å². The van der Waals surface area contributed by atoms with Crippen molar-refractivity contribution in [2.45, 2.75) is 32.3 Å². The van der Waals surface area contributed by atoms with Gasteiger partial charge in [0, 0.05) is 20.2 Å². The monoisotopic (exact) mass is 286 g/mol. The maximum Gasteiger partial charge on any atom is 0.322 e. The minimum absolute atomic E-state index is 0.127. The number of nitrogens with zero attached hydrogens (tertiary/aromatic N) is 4. The van der Waals surface area contributed by atoms with Gasteiger partial charge >= 0.3 is 6.01 Å². The summed E-state index contributed by atoms with van der Waals surface area (Å²) in [7, 11) is 1.62. The molecule has 0 aliphatic carbocycles. The molecule has 106 valence electrons. The largest absolute Gasteiger partial charge is 0.458 e. The molecule has 1 aromatic rings. The number of hydrogen-bond donors (Lipinski definition) is 0. The number of ether oxygens (including phenoxy) is 2. The molecule has 0 spiro atoms. The molecule has 1 aromatic heterocycles. The van der Waals surface area contributed by atoms with E-state index in [-0.39, 0.29) is 17.4 Å². The summed E-state index contributed by atoms with van der Waals surface area (Å²) in [5, 5.41) is 0.162. The van der Waals surface area contributed by atoms with E-state index >= 15 is 0 Å². The quantitative estimate of drug-likeness (QED) is 0.824. The first-order valence-electron chi connectivity index (χ1n) is 6.51. The maximum absolute atomic E-state index is 5.93. The average Bonchev–Trinajstić information content (AvgIpc) is 2.39. The molecule has 6 nitrogen and oxygen atoms in total. The summed E-state index contributed by atoms with van der Waals surface area (Å²) in [5.74, 6) is 0.597. The Morgan fingerprint density at radius 3 is 2.63 bits per heavy atom. The molecule has 1 atom stereocenters. The molecule has 1 saturated heterocycles. The van der Waals surface area contributed by atoms with Gasteiger partial charge in [0.25, 0.3) is 0 Å². The molecule has 2 heterocycles. The second kappa shape index (κ2) is 6.86. The molecule has 2 rings (SSSR count). The molecular weight excluding hydrogens is 268 g/mol. The zero-order valence-electron chi connectivity index (χ0n) is 11.3. The van der Waals surface area contributed by atoms with Gasteiger partial charge < -0.3 is 14.4 Å². The van der Waals surface area contributed by atoms with Crippen LogP contribution in [0.4, 0.5) is 5.95 Å². The SMILES string of the molecule is COCC(C)Oc1nc(Cl)nc(N2CCCCC2)n1. The van der Waals surface area contributed by atoms with Gasteiger partial charge in [0.05, 0.1) is 6.61 Å². The van der Waals surface area contributed by atoms with E-state index in [0.29, 0.717) is 12.6 Å². The molecule has 0 radical (unpaired) electrons. The van der Waals surface area contributed by atoms with Crippen LogP contribution in [-0.2, 0) is 4.74 Å². The van der Waals surface area contributed by atoms with Crippen LogP contribution >= 0.6 is 11.6 Å². The third-order valence-electron chi connectivity index (χ3n) is 2.92. The van der Waals surface area contributed by atoms with Gasteiger partial charge in [-0.15, -0.1) is 0 Å². The molecule has 1 fully saturated rings. The van der Waals surface area contributed by atoms with Gasteiger partial charge in [-0.1, -0.05) is 0 Å². The summed E-state index contributed by atoms with van der Waals surface area (Å²) in [6.07, 6.45) is 3.43. The van der Waals surface area contributed by atoms with E-state index in [2.05, 4.69) is 19.9 Å². The lowest BCUT2D eigenvalue weighted by atomic mass is 10.1. The summed E-state index contributed by atoms with van der Waals surface area (Å²) in [6.45, 7) is 4.27. The fourth-order valence-electron chi connectivity index (χ4n) is 2.06. The predicted octanol–water partition coefficient (Wildman–Crippen LogP) is 1.93. The normalized spacial score (nSPS) is 17.3. The smallest absolute Gasteiger partial charge is 0.322 e.